The predicted octanol–water partition coefficient (Wildman–Crippen LogP) is 3.76. The summed E-state index contributed by atoms with van der Waals surface area (Å²) in [4.78, 5) is 20.0. The number of aromatic hydroxyl groups is 1. The topological polar surface area (TPSA) is 82.4 Å². The van der Waals surface area contributed by atoms with E-state index in [0.717, 1.165) is 37.1 Å². The van der Waals surface area contributed by atoms with Crippen LogP contribution in [-0.4, -0.2) is 39.9 Å². The first-order valence-corrected chi connectivity index (χ1v) is 9.40. The van der Waals surface area contributed by atoms with Gasteiger partial charge in [0.15, 0.2) is 11.5 Å². The van der Waals surface area contributed by atoms with Crippen molar-refractivity contribution >= 4 is 17.8 Å². The molecule has 2 aromatic rings. The number of fused-ring (bicyclic) bond motifs is 1. The number of carbonyl (C=O) groups excluding carboxylic acids is 1. The molecule has 2 aromatic carbocycles. The maximum absolute atomic E-state index is 12.6. The molecule has 28 heavy (non-hydrogen) atoms. The van der Waals surface area contributed by atoms with Crippen molar-refractivity contribution in [1.82, 2.24) is 4.90 Å². The van der Waals surface area contributed by atoms with Crippen LogP contribution in [0.3, 0.4) is 0 Å². The van der Waals surface area contributed by atoms with Crippen LogP contribution < -0.4 is 4.84 Å². The number of aliphatic hydroxyl groups excluding tert-OH is 1. The van der Waals surface area contributed by atoms with Gasteiger partial charge in [-0.2, -0.15) is 0 Å². The van der Waals surface area contributed by atoms with Gasteiger partial charge in [-0.25, -0.2) is 0 Å². The molecule has 1 saturated heterocycles. The minimum Gasteiger partial charge on any atom is -0.504 e. The standard InChI is InChI=1S/C22H22N2O4/c25-19-9-8-17-6-7-18(21(27)22(17)28-23-19)14-24-12-10-16(11-13-24)20(26)15-4-2-1-3-5-15/h1-9,16,27H,10-14H2,(H,23,25). The Morgan fingerprint density at radius 2 is 1.82 bits per heavy atom. The van der Waals surface area contributed by atoms with E-state index in [1.807, 2.05) is 42.5 Å². The van der Waals surface area contributed by atoms with Gasteiger partial charge in [-0.3, -0.25) is 9.69 Å². The molecule has 2 heterocycles. The van der Waals surface area contributed by atoms with E-state index in [2.05, 4.69) is 10.1 Å². The highest BCUT2D eigenvalue weighted by molar-refractivity contribution is 5.97. The van der Waals surface area contributed by atoms with Crippen molar-refractivity contribution in [2.24, 2.45) is 11.1 Å². The summed E-state index contributed by atoms with van der Waals surface area (Å²) in [6, 6.07) is 13.1. The molecule has 0 saturated carbocycles. The van der Waals surface area contributed by atoms with Gasteiger partial charge < -0.3 is 15.1 Å². The summed E-state index contributed by atoms with van der Waals surface area (Å²) in [7, 11) is 0. The number of Topliss-reactive ketones (excluding diaryl/α,β-unsaturated/α-hetero) is 1. The Bertz CT molecular complexity index is 929. The number of piperidine rings is 1. The van der Waals surface area contributed by atoms with E-state index in [0.29, 0.717) is 12.1 Å². The number of benzene rings is 2. The van der Waals surface area contributed by atoms with E-state index < -0.39 is 0 Å². The molecule has 2 N–H and O–H groups in total. The molecule has 0 radical (unpaired) electrons. The lowest BCUT2D eigenvalue weighted by Crippen LogP contribution is -2.36. The highest BCUT2D eigenvalue weighted by Crippen LogP contribution is 2.37. The van der Waals surface area contributed by atoms with Crippen molar-refractivity contribution in [3.63, 3.8) is 0 Å². The van der Waals surface area contributed by atoms with Crippen molar-refractivity contribution in [1.29, 1.82) is 0 Å². The van der Waals surface area contributed by atoms with Gasteiger partial charge in [0, 0.05) is 35.2 Å². The summed E-state index contributed by atoms with van der Waals surface area (Å²) in [5.74, 6) is 0.286. The minimum absolute atomic E-state index is 0.0306. The van der Waals surface area contributed by atoms with Gasteiger partial charge in [0.2, 0.25) is 11.6 Å². The quantitative estimate of drug-likeness (QED) is 0.792. The monoisotopic (exact) mass is 378 g/mol. The van der Waals surface area contributed by atoms with Gasteiger partial charge in [-0.05, 0) is 37.2 Å². The van der Waals surface area contributed by atoms with Crippen LogP contribution in [0.1, 0.15) is 34.3 Å². The van der Waals surface area contributed by atoms with Crippen LogP contribution >= 0.6 is 0 Å². The Morgan fingerprint density at radius 1 is 1.07 bits per heavy atom. The number of hydrogen-bond acceptors (Lipinski definition) is 5. The molecule has 0 atom stereocenters. The molecule has 0 aromatic heterocycles. The number of phenolic OH excluding ortho intramolecular Hbond substituents is 1. The lowest BCUT2D eigenvalue weighted by molar-refractivity contribution is 0.0834. The average molecular weight is 378 g/mol. The van der Waals surface area contributed by atoms with Crippen LogP contribution in [0.25, 0.3) is 6.08 Å². The summed E-state index contributed by atoms with van der Waals surface area (Å²) in [5, 5.41) is 23.6. The van der Waals surface area contributed by atoms with Crippen LogP contribution in [0.15, 0.2) is 53.7 Å². The van der Waals surface area contributed by atoms with Crippen molar-refractivity contribution in [2.75, 3.05) is 13.1 Å². The summed E-state index contributed by atoms with van der Waals surface area (Å²) in [5.41, 5.74) is 2.16. The molecule has 1 fully saturated rings. The second kappa shape index (κ2) is 7.86. The van der Waals surface area contributed by atoms with E-state index >= 15 is 0 Å². The normalized spacial score (nSPS) is 17.4. The second-order valence-corrected chi connectivity index (χ2v) is 7.15. The van der Waals surface area contributed by atoms with Crippen molar-refractivity contribution < 1.29 is 19.8 Å². The van der Waals surface area contributed by atoms with Gasteiger partial charge in [0.05, 0.1) is 0 Å². The Kier molecular flexibility index (Phi) is 5.12. The summed E-state index contributed by atoms with van der Waals surface area (Å²) < 4.78 is 0. The van der Waals surface area contributed by atoms with Gasteiger partial charge >= 0.3 is 0 Å². The Hall–Kier alpha value is -3.12. The van der Waals surface area contributed by atoms with Gasteiger partial charge in [-0.15, -0.1) is 0 Å². The third kappa shape index (κ3) is 3.77. The first-order chi connectivity index (χ1) is 13.6. The van der Waals surface area contributed by atoms with E-state index in [1.165, 1.54) is 6.08 Å². The van der Waals surface area contributed by atoms with Crippen LogP contribution in [-0.2, 0) is 6.54 Å². The molecule has 0 aliphatic carbocycles. The van der Waals surface area contributed by atoms with E-state index in [9.17, 15) is 15.0 Å². The zero-order valence-electron chi connectivity index (χ0n) is 15.4. The third-order valence-electron chi connectivity index (χ3n) is 5.30. The predicted molar refractivity (Wildman–Crippen MR) is 107 cm³/mol. The van der Waals surface area contributed by atoms with Gasteiger partial charge in [0.1, 0.15) is 0 Å². The Balaban J connectivity index is 1.41. The van der Waals surface area contributed by atoms with Gasteiger partial charge in [0.25, 0.3) is 0 Å². The third-order valence-corrected chi connectivity index (χ3v) is 5.30. The number of carbonyl (C=O) groups is 1. The van der Waals surface area contributed by atoms with Crippen molar-refractivity contribution in [3.05, 3.63) is 65.2 Å². The number of oxime groups is 1. The molecule has 144 valence electrons. The molecule has 2 aliphatic heterocycles. The van der Waals surface area contributed by atoms with Crippen LogP contribution in [0, 0.1) is 5.92 Å². The fourth-order valence-electron chi connectivity index (χ4n) is 3.70. The van der Waals surface area contributed by atoms with Crippen LogP contribution in [0.5, 0.6) is 11.5 Å². The maximum Gasteiger partial charge on any atom is 0.248 e. The first-order valence-electron chi connectivity index (χ1n) is 9.40. The lowest BCUT2D eigenvalue weighted by atomic mass is 9.88. The second-order valence-electron chi connectivity index (χ2n) is 7.15. The maximum atomic E-state index is 12.6. The highest BCUT2D eigenvalue weighted by atomic mass is 16.6. The molecule has 2 aliphatic rings. The lowest BCUT2D eigenvalue weighted by Gasteiger charge is -2.31. The smallest absolute Gasteiger partial charge is 0.248 e. The highest BCUT2D eigenvalue weighted by Gasteiger charge is 2.26. The molecular formula is C22H22N2O4. The molecular weight excluding hydrogens is 356 g/mol. The SMILES string of the molecule is O=C(c1ccccc1)C1CCN(Cc2ccc3c(c2O)ON=C(O)C=C3)CC1. The number of aliphatic hydroxyl groups is 1. The molecule has 0 spiro atoms. The minimum atomic E-state index is -0.248. The zero-order chi connectivity index (χ0) is 19.5. The van der Waals surface area contributed by atoms with Gasteiger partial charge in [-0.1, -0.05) is 42.5 Å². The number of rotatable bonds is 4. The first kappa shape index (κ1) is 18.3. The number of ketones is 1. The summed E-state index contributed by atoms with van der Waals surface area (Å²) in [6.45, 7) is 2.15. The molecule has 6 nitrogen and oxygen atoms in total. The largest absolute Gasteiger partial charge is 0.504 e. The van der Waals surface area contributed by atoms with Crippen LogP contribution in [0.2, 0.25) is 0 Å². The Morgan fingerprint density at radius 3 is 2.57 bits per heavy atom. The number of phenols is 1. The summed E-state index contributed by atoms with van der Waals surface area (Å²) >= 11 is 0. The van der Waals surface area contributed by atoms with E-state index in [1.54, 1.807) is 6.08 Å². The van der Waals surface area contributed by atoms with Crippen LogP contribution in [0.4, 0.5) is 0 Å². The van der Waals surface area contributed by atoms with Crippen molar-refractivity contribution in [2.45, 2.75) is 19.4 Å². The number of nitrogens with zero attached hydrogens (tertiary/aromatic N) is 2. The molecule has 4 rings (SSSR count). The molecule has 0 unspecified atom stereocenters. The Labute approximate surface area is 163 Å². The van der Waals surface area contributed by atoms with Crippen molar-refractivity contribution in [3.8, 4) is 11.5 Å². The number of likely N-dealkylation sites (tertiary alicyclic amines) is 1. The van der Waals surface area contributed by atoms with E-state index in [4.69, 9.17) is 4.84 Å². The molecule has 0 amide bonds. The molecule has 0 bridgehead atoms. The summed E-state index contributed by atoms with van der Waals surface area (Å²) in [6.07, 6.45) is 4.67. The molecule has 6 heteroatoms. The number of hydrogen-bond donors (Lipinski definition) is 2. The van der Waals surface area contributed by atoms with E-state index in [-0.39, 0.29) is 29.1 Å². The fraction of sp³-hybridized carbons (Fsp3) is 0.273. The average Bonchev–Trinajstić information content (AvgIpc) is 2.93. The zero-order valence-corrected chi connectivity index (χ0v) is 15.4. The fourth-order valence-corrected chi connectivity index (χ4v) is 3.70.